The van der Waals surface area contributed by atoms with E-state index in [2.05, 4.69) is 21.9 Å². The number of carboxylic acid groups (broad SMARTS) is 1. The molecule has 0 saturated heterocycles. The van der Waals surface area contributed by atoms with Crippen molar-refractivity contribution in [2.75, 3.05) is 10.5 Å². The summed E-state index contributed by atoms with van der Waals surface area (Å²) < 4.78 is 73.6. The highest BCUT2D eigenvalue weighted by atomic mass is 32.2. The summed E-state index contributed by atoms with van der Waals surface area (Å²) >= 11 is 0. The van der Waals surface area contributed by atoms with Gasteiger partial charge in [-0.25, -0.2) is 17.8 Å². The minimum atomic E-state index is -5.02. The maximum Gasteiger partial charge on any atom is 0.355 e. The summed E-state index contributed by atoms with van der Waals surface area (Å²) in [4.78, 5) is 14.9. The van der Waals surface area contributed by atoms with Crippen LogP contribution in [0.25, 0.3) is 22.2 Å². The van der Waals surface area contributed by atoms with Gasteiger partial charge in [0.25, 0.3) is 10.0 Å². The van der Waals surface area contributed by atoms with Crippen LogP contribution in [-0.2, 0) is 21.9 Å². The van der Waals surface area contributed by atoms with Crippen molar-refractivity contribution >= 4 is 38.4 Å². The molecule has 4 rings (SSSR count). The molecule has 0 bridgehead atoms. The number of carboxylic acids is 1. The standard InChI is InChI=1S/C33H36F3N5O5S/c1-21(22-13-16-25(34)17-14-22)46-27-19-23(15-18-26(27)40-47(44,45)33(35)36)30-29-31(41(2)39-30)24(20-38-32(29)37)11-9-7-5-3-4-6-8-10-12-28(42)43/h13-21,33,40H,3-8,10,12H2,1-2H3,(H2,37,38)(H,42,43)/t21-/m0/s1. The van der Waals surface area contributed by atoms with Gasteiger partial charge in [-0.05, 0) is 49.6 Å². The van der Waals surface area contributed by atoms with Crippen molar-refractivity contribution in [3.8, 4) is 28.8 Å². The summed E-state index contributed by atoms with van der Waals surface area (Å²) in [7, 11) is -3.30. The number of anilines is 2. The van der Waals surface area contributed by atoms with Gasteiger partial charge >= 0.3 is 11.7 Å². The Labute approximate surface area is 271 Å². The van der Waals surface area contributed by atoms with Gasteiger partial charge in [-0.2, -0.15) is 13.9 Å². The first-order chi connectivity index (χ1) is 22.4. The van der Waals surface area contributed by atoms with Gasteiger partial charge in [0.2, 0.25) is 0 Å². The van der Waals surface area contributed by atoms with Crippen molar-refractivity contribution in [3.63, 3.8) is 0 Å². The van der Waals surface area contributed by atoms with Gasteiger partial charge in [-0.15, -0.1) is 0 Å². The number of carbonyl (C=O) groups is 1. The first-order valence-corrected chi connectivity index (χ1v) is 16.6. The lowest BCUT2D eigenvalue weighted by molar-refractivity contribution is -0.137. The number of benzene rings is 2. The Morgan fingerprint density at radius 1 is 1.09 bits per heavy atom. The van der Waals surface area contributed by atoms with Gasteiger partial charge in [0, 0.05) is 31.6 Å². The maximum atomic E-state index is 13.5. The number of unbranched alkanes of at least 4 members (excludes halogenated alkanes) is 6. The first-order valence-electron chi connectivity index (χ1n) is 15.1. The zero-order valence-corrected chi connectivity index (χ0v) is 26.8. The highest BCUT2D eigenvalue weighted by Crippen LogP contribution is 2.38. The summed E-state index contributed by atoms with van der Waals surface area (Å²) in [6.07, 6.45) is 7.17. The molecule has 2 aromatic carbocycles. The number of aromatic nitrogens is 3. The van der Waals surface area contributed by atoms with Gasteiger partial charge in [-0.1, -0.05) is 55.7 Å². The number of nitrogens with two attached hydrogens (primary N) is 1. The van der Waals surface area contributed by atoms with Crippen LogP contribution in [0.4, 0.5) is 24.7 Å². The fraction of sp³-hybridized carbons (Fsp3) is 0.364. The highest BCUT2D eigenvalue weighted by molar-refractivity contribution is 7.93. The Morgan fingerprint density at radius 3 is 2.45 bits per heavy atom. The van der Waals surface area contributed by atoms with E-state index in [9.17, 15) is 26.4 Å². The summed E-state index contributed by atoms with van der Waals surface area (Å²) in [5.41, 5.74) is 8.72. The highest BCUT2D eigenvalue weighted by Gasteiger charge is 2.26. The number of aliphatic carboxylic acids is 1. The SMILES string of the molecule is C[C@H](Oc1cc(-c2nn(C)c3c(C#CCCCCCCCCC(=O)O)cnc(N)c23)ccc1NS(=O)(=O)C(F)F)c1ccc(F)cc1. The third-order valence-electron chi connectivity index (χ3n) is 7.44. The fourth-order valence-corrected chi connectivity index (χ4v) is 5.59. The van der Waals surface area contributed by atoms with Crippen molar-refractivity contribution in [2.24, 2.45) is 7.05 Å². The molecule has 10 nitrogen and oxygen atoms in total. The molecule has 250 valence electrons. The van der Waals surface area contributed by atoms with Crippen LogP contribution in [0.2, 0.25) is 0 Å². The molecule has 0 aliphatic heterocycles. The van der Waals surface area contributed by atoms with Crippen molar-refractivity contribution in [3.05, 3.63) is 65.6 Å². The summed E-state index contributed by atoms with van der Waals surface area (Å²) in [6, 6.07) is 9.75. The molecule has 0 aliphatic carbocycles. The topological polar surface area (TPSA) is 149 Å². The third-order valence-corrected chi connectivity index (χ3v) is 8.42. The summed E-state index contributed by atoms with van der Waals surface area (Å²) in [6.45, 7) is 1.65. The molecular weight excluding hydrogens is 635 g/mol. The van der Waals surface area contributed by atoms with Gasteiger partial charge in [-0.3, -0.25) is 14.2 Å². The van der Waals surface area contributed by atoms with Crippen LogP contribution in [0.15, 0.2) is 48.7 Å². The lowest BCUT2D eigenvalue weighted by Gasteiger charge is -2.19. The number of alkyl halides is 2. The molecule has 2 heterocycles. The molecule has 47 heavy (non-hydrogen) atoms. The number of rotatable bonds is 15. The third kappa shape index (κ3) is 9.16. The van der Waals surface area contributed by atoms with E-state index >= 15 is 0 Å². The van der Waals surface area contributed by atoms with E-state index in [1.54, 1.807) is 24.9 Å². The number of fused-ring (bicyclic) bond motifs is 1. The number of sulfonamides is 1. The normalized spacial score (nSPS) is 12.1. The van der Waals surface area contributed by atoms with Crippen LogP contribution in [0, 0.1) is 17.7 Å². The van der Waals surface area contributed by atoms with E-state index in [0.717, 1.165) is 32.1 Å². The van der Waals surface area contributed by atoms with E-state index < -0.39 is 33.7 Å². The zero-order valence-electron chi connectivity index (χ0n) is 26.0. The molecule has 4 aromatic rings. The number of pyridine rings is 1. The predicted octanol–water partition coefficient (Wildman–Crippen LogP) is 7.02. The Kier molecular flexibility index (Phi) is 11.7. The lowest BCUT2D eigenvalue weighted by Crippen LogP contribution is -2.21. The molecule has 0 fully saturated rings. The minimum absolute atomic E-state index is 0.0632. The van der Waals surface area contributed by atoms with Crippen molar-refractivity contribution in [1.82, 2.24) is 14.8 Å². The monoisotopic (exact) mass is 671 g/mol. The quantitative estimate of drug-likeness (QED) is 0.0902. The molecule has 1 atom stereocenters. The molecule has 0 radical (unpaired) electrons. The van der Waals surface area contributed by atoms with Crippen molar-refractivity contribution in [1.29, 1.82) is 0 Å². The number of nitrogen functional groups attached to an aromatic ring is 1. The Hall–Kier alpha value is -4.77. The fourth-order valence-electron chi connectivity index (χ4n) is 5.02. The summed E-state index contributed by atoms with van der Waals surface area (Å²) in [5.74, 6) is 1.55. The molecule has 4 N–H and O–H groups in total. The van der Waals surface area contributed by atoms with Gasteiger partial charge in [0.15, 0.2) is 0 Å². The van der Waals surface area contributed by atoms with Crippen LogP contribution >= 0.6 is 0 Å². The Bertz CT molecular complexity index is 1890. The molecule has 14 heteroatoms. The van der Waals surface area contributed by atoms with Crippen LogP contribution in [0.1, 0.15) is 75.5 Å². The van der Waals surface area contributed by atoms with E-state index in [-0.39, 0.29) is 23.7 Å². The number of hydrogen-bond donors (Lipinski definition) is 3. The second-order valence-electron chi connectivity index (χ2n) is 11.0. The molecular formula is C33H36F3N5O5S. The summed E-state index contributed by atoms with van der Waals surface area (Å²) in [5, 5.41) is 13.9. The van der Waals surface area contributed by atoms with Crippen LogP contribution in [0.3, 0.4) is 0 Å². The number of nitrogens with one attached hydrogen (secondary N) is 1. The van der Waals surface area contributed by atoms with Gasteiger partial charge in [0.1, 0.15) is 29.2 Å². The number of halogens is 3. The first kappa shape index (κ1) is 35.1. The average Bonchev–Trinajstić information content (AvgIpc) is 3.38. The largest absolute Gasteiger partial charge is 0.484 e. The molecule has 2 aromatic heterocycles. The molecule has 0 spiro atoms. The smallest absolute Gasteiger partial charge is 0.355 e. The maximum absolute atomic E-state index is 13.5. The van der Waals surface area contributed by atoms with E-state index in [4.69, 9.17) is 15.6 Å². The average molecular weight is 672 g/mol. The molecule has 0 saturated carbocycles. The second kappa shape index (κ2) is 15.7. The Balaban J connectivity index is 1.60. The van der Waals surface area contributed by atoms with Crippen LogP contribution in [0.5, 0.6) is 5.75 Å². The van der Waals surface area contributed by atoms with Crippen LogP contribution in [-0.4, -0.2) is 40.0 Å². The molecule has 0 amide bonds. The van der Waals surface area contributed by atoms with E-state index in [1.807, 2.05) is 4.72 Å². The zero-order chi connectivity index (χ0) is 34.1. The van der Waals surface area contributed by atoms with Gasteiger partial charge in [0.05, 0.1) is 22.2 Å². The van der Waals surface area contributed by atoms with Gasteiger partial charge < -0.3 is 15.6 Å². The predicted molar refractivity (Wildman–Crippen MR) is 174 cm³/mol. The second-order valence-corrected chi connectivity index (χ2v) is 12.7. The lowest BCUT2D eigenvalue weighted by atomic mass is 10.1. The van der Waals surface area contributed by atoms with E-state index in [1.165, 1.54) is 42.5 Å². The van der Waals surface area contributed by atoms with Crippen LogP contribution < -0.4 is 15.2 Å². The van der Waals surface area contributed by atoms with Crippen molar-refractivity contribution < 1.29 is 36.2 Å². The Morgan fingerprint density at radius 2 is 1.77 bits per heavy atom. The molecule has 0 unspecified atom stereocenters. The van der Waals surface area contributed by atoms with Crippen molar-refractivity contribution in [2.45, 2.75) is 70.2 Å². The number of ether oxygens (including phenoxy) is 1. The number of aryl methyl sites for hydroxylation is 1. The molecule has 0 aliphatic rings. The number of hydrogen-bond acceptors (Lipinski definition) is 7. The number of nitrogens with zero attached hydrogens (tertiary/aromatic N) is 3. The minimum Gasteiger partial charge on any atom is -0.484 e. The van der Waals surface area contributed by atoms with E-state index in [0.29, 0.717) is 46.1 Å².